The molecule has 0 aliphatic heterocycles. The standard InChI is InChI=1S/C58H114O25/c1-14-50(63)26-76-38-58(39-77-27-51(64)15-2,40-78-28-52(65)16-3)41-79-29-53(17-4)83-55(67)82-49(13)25-75-37-57(33-71-21-45(9)61,34-72-22-46(10)62)36-74-24-48(12)81-54(66)80-47(11)23-73-35-56(30-68-18-42(5)6,31-69-19-43(7)59)32-70-20-44(8)60/h42-53,59-65H,14-41H2,1-13H3. The molecule has 0 amide bonds. The van der Waals surface area contributed by atoms with E-state index in [2.05, 4.69) is 0 Å². The van der Waals surface area contributed by atoms with Crippen molar-refractivity contribution in [3.05, 3.63) is 0 Å². The Balaban J connectivity index is 5.83. The average molecular weight is 1210 g/mol. The SMILES string of the molecule is CCC(O)COCC(COCC(O)CC)(COCC(O)CC)COCC(CC)OC(=O)OC(C)COCC(COCC(C)O)(COCC(C)O)COCC(C)OC(=O)OC(C)COCC(COCC(C)C)(COCC(C)O)COCC(C)O. The van der Waals surface area contributed by atoms with Crippen LogP contribution in [-0.2, 0) is 75.8 Å². The highest BCUT2D eigenvalue weighted by atomic mass is 16.7. The van der Waals surface area contributed by atoms with Gasteiger partial charge < -0.3 is 112 Å². The second kappa shape index (κ2) is 47.8. The predicted molar refractivity (Wildman–Crippen MR) is 305 cm³/mol. The van der Waals surface area contributed by atoms with E-state index in [1.165, 1.54) is 0 Å². The molecule has 11 atom stereocenters. The summed E-state index contributed by atoms with van der Waals surface area (Å²) >= 11 is 0. The van der Waals surface area contributed by atoms with Gasteiger partial charge in [-0.15, -0.1) is 0 Å². The highest BCUT2D eigenvalue weighted by Crippen LogP contribution is 2.25. The molecule has 0 saturated heterocycles. The predicted octanol–water partition coefficient (Wildman–Crippen LogP) is 3.89. The molecule has 0 bridgehead atoms. The summed E-state index contributed by atoms with van der Waals surface area (Å²) in [5, 5.41) is 70.3. The normalized spacial score (nSPS) is 18.3. The molecule has 0 spiro atoms. The molecule has 0 aromatic rings. The number of aliphatic hydroxyl groups is 7. The fourth-order valence-corrected chi connectivity index (χ4v) is 7.39. The fourth-order valence-electron chi connectivity index (χ4n) is 7.39. The zero-order valence-corrected chi connectivity index (χ0v) is 52.7. The summed E-state index contributed by atoms with van der Waals surface area (Å²) in [5.74, 6) is 0.260. The van der Waals surface area contributed by atoms with Crippen LogP contribution in [0.25, 0.3) is 0 Å². The summed E-state index contributed by atoms with van der Waals surface area (Å²) in [5.41, 5.74) is -2.78. The Hall–Kier alpha value is -2.22. The summed E-state index contributed by atoms with van der Waals surface area (Å²) in [7, 11) is 0. The van der Waals surface area contributed by atoms with Crippen molar-refractivity contribution in [3.63, 3.8) is 0 Å². The van der Waals surface area contributed by atoms with Crippen molar-refractivity contribution >= 4 is 12.3 Å². The average Bonchev–Trinajstić information content (AvgIpc) is 3.42. The van der Waals surface area contributed by atoms with Crippen molar-refractivity contribution in [2.75, 3.05) is 159 Å². The summed E-state index contributed by atoms with van der Waals surface area (Å²) in [6.07, 6.45) is -8.23. The molecule has 0 aromatic carbocycles. The highest BCUT2D eigenvalue weighted by Gasteiger charge is 2.37. The Morgan fingerprint density at radius 2 is 0.506 bits per heavy atom. The first kappa shape index (κ1) is 80.8. The summed E-state index contributed by atoms with van der Waals surface area (Å²) in [4.78, 5) is 26.1. The van der Waals surface area contributed by atoms with Crippen LogP contribution in [0.5, 0.6) is 0 Å². The smallest absolute Gasteiger partial charge is 0.429 e. The van der Waals surface area contributed by atoms with E-state index in [1.807, 2.05) is 41.5 Å². The molecular formula is C58H114O25. The minimum atomic E-state index is -1.05. The van der Waals surface area contributed by atoms with Crippen molar-refractivity contribution < 1.29 is 121 Å². The molecule has 496 valence electrons. The largest absolute Gasteiger partial charge is 0.508 e. The molecule has 0 aromatic heterocycles. The Labute approximate surface area is 495 Å². The Morgan fingerprint density at radius 3 is 0.735 bits per heavy atom. The Morgan fingerprint density at radius 1 is 0.289 bits per heavy atom. The maximum absolute atomic E-state index is 13.2. The van der Waals surface area contributed by atoms with Crippen LogP contribution in [0.15, 0.2) is 0 Å². The zero-order chi connectivity index (χ0) is 62.7. The van der Waals surface area contributed by atoms with Gasteiger partial charge in [0.25, 0.3) is 0 Å². The highest BCUT2D eigenvalue weighted by molar-refractivity contribution is 5.60. The first-order valence-electron chi connectivity index (χ1n) is 29.7. The van der Waals surface area contributed by atoms with Gasteiger partial charge in [-0.05, 0) is 80.1 Å². The molecule has 0 aliphatic rings. The lowest BCUT2D eigenvalue weighted by molar-refractivity contribution is -0.136. The third-order valence-corrected chi connectivity index (χ3v) is 12.1. The number of hydrogen-bond acceptors (Lipinski definition) is 25. The zero-order valence-electron chi connectivity index (χ0n) is 52.7. The lowest BCUT2D eigenvalue weighted by atomic mass is 9.92. The third kappa shape index (κ3) is 43.1. The van der Waals surface area contributed by atoms with Gasteiger partial charge in [0.15, 0.2) is 0 Å². The quantitative estimate of drug-likeness (QED) is 0.0425. The number of hydrogen-bond donors (Lipinski definition) is 7. The minimum absolute atomic E-state index is 0.0165. The van der Waals surface area contributed by atoms with Crippen LogP contribution < -0.4 is 0 Å². The first-order chi connectivity index (χ1) is 39.3. The van der Waals surface area contributed by atoms with Crippen LogP contribution in [0.2, 0.25) is 0 Å². The molecule has 25 heteroatoms. The Bertz CT molecular complexity index is 1450. The Kier molecular flexibility index (Phi) is 46.5. The van der Waals surface area contributed by atoms with E-state index in [-0.39, 0.29) is 158 Å². The van der Waals surface area contributed by atoms with Crippen molar-refractivity contribution in [3.8, 4) is 0 Å². The van der Waals surface area contributed by atoms with E-state index in [0.29, 0.717) is 32.3 Å². The van der Waals surface area contributed by atoms with Crippen LogP contribution in [0, 0.1) is 22.2 Å². The van der Waals surface area contributed by atoms with Gasteiger partial charge in [-0.2, -0.15) is 0 Å². The van der Waals surface area contributed by atoms with Crippen molar-refractivity contribution in [1.82, 2.24) is 0 Å². The van der Waals surface area contributed by atoms with Crippen molar-refractivity contribution in [1.29, 1.82) is 0 Å². The van der Waals surface area contributed by atoms with E-state index < -0.39 is 95.7 Å². The molecule has 0 saturated carbocycles. The molecule has 0 heterocycles. The van der Waals surface area contributed by atoms with Gasteiger partial charge >= 0.3 is 12.3 Å². The number of ether oxygens (including phenoxy) is 16. The topological polar surface area (TPSA) is 323 Å². The molecule has 83 heavy (non-hydrogen) atoms. The van der Waals surface area contributed by atoms with Crippen LogP contribution in [-0.4, -0.2) is 274 Å². The summed E-state index contributed by atoms with van der Waals surface area (Å²) in [6.45, 7) is 23.7. The van der Waals surface area contributed by atoms with Gasteiger partial charge in [-0.3, -0.25) is 0 Å². The molecule has 11 unspecified atom stereocenters. The second-order valence-corrected chi connectivity index (χ2v) is 23.1. The third-order valence-electron chi connectivity index (χ3n) is 12.1. The monoisotopic (exact) mass is 1210 g/mol. The lowest BCUT2D eigenvalue weighted by Crippen LogP contribution is -2.44. The van der Waals surface area contributed by atoms with E-state index in [4.69, 9.17) is 75.8 Å². The summed E-state index contributed by atoms with van der Waals surface area (Å²) in [6, 6.07) is 0. The van der Waals surface area contributed by atoms with Gasteiger partial charge in [0.2, 0.25) is 0 Å². The molecule has 0 radical (unpaired) electrons. The van der Waals surface area contributed by atoms with Crippen LogP contribution >= 0.6 is 0 Å². The molecule has 0 fully saturated rings. The second-order valence-electron chi connectivity index (χ2n) is 23.1. The van der Waals surface area contributed by atoms with Crippen LogP contribution in [0.3, 0.4) is 0 Å². The minimum Gasteiger partial charge on any atom is -0.429 e. The van der Waals surface area contributed by atoms with Crippen LogP contribution in [0.1, 0.15) is 116 Å². The lowest BCUT2D eigenvalue weighted by Gasteiger charge is -2.34. The van der Waals surface area contributed by atoms with Gasteiger partial charge in [0.05, 0.1) is 211 Å². The van der Waals surface area contributed by atoms with E-state index in [9.17, 15) is 45.3 Å². The first-order valence-corrected chi connectivity index (χ1v) is 29.7. The fraction of sp³-hybridized carbons (Fsp3) is 0.966. The number of aliphatic hydroxyl groups excluding tert-OH is 7. The van der Waals surface area contributed by atoms with E-state index >= 15 is 0 Å². The van der Waals surface area contributed by atoms with Crippen molar-refractivity contribution in [2.24, 2.45) is 22.2 Å². The maximum atomic E-state index is 13.2. The van der Waals surface area contributed by atoms with Gasteiger partial charge in [-0.1, -0.05) is 41.5 Å². The maximum Gasteiger partial charge on any atom is 0.508 e. The van der Waals surface area contributed by atoms with E-state index in [1.54, 1.807) is 48.5 Å². The van der Waals surface area contributed by atoms with E-state index in [0.717, 1.165) is 0 Å². The number of carbonyl (C=O) groups excluding carboxylic acids is 2. The molecule has 25 nitrogen and oxygen atoms in total. The van der Waals surface area contributed by atoms with Gasteiger partial charge in [-0.25, -0.2) is 9.59 Å². The molecule has 7 N–H and O–H groups in total. The number of carbonyl (C=O) groups is 2. The van der Waals surface area contributed by atoms with Gasteiger partial charge in [0, 0.05) is 6.61 Å². The molecular weight excluding hydrogens is 1100 g/mol. The summed E-state index contributed by atoms with van der Waals surface area (Å²) < 4.78 is 93.7. The molecule has 0 aliphatic carbocycles. The van der Waals surface area contributed by atoms with Crippen LogP contribution in [0.4, 0.5) is 9.59 Å². The number of rotatable bonds is 56. The van der Waals surface area contributed by atoms with Gasteiger partial charge in [0.1, 0.15) is 24.4 Å². The molecule has 0 rings (SSSR count). The van der Waals surface area contributed by atoms with Crippen molar-refractivity contribution in [2.45, 2.75) is 183 Å².